The Morgan fingerprint density at radius 1 is 1.30 bits per heavy atom. The number of amides is 1. The maximum absolute atomic E-state index is 12.2. The van der Waals surface area contributed by atoms with Gasteiger partial charge in [-0.2, -0.15) is 16.9 Å². The van der Waals surface area contributed by atoms with Crippen molar-refractivity contribution in [1.82, 2.24) is 20.1 Å². The second-order valence-corrected chi connectivity index (χ2v) is 6.00. The van der Waals surface area contributed by atoms with Gasteiger partial charge in [-0.3, -0.25) is 9.89 Å². The van der Waals surface area contributed by atoms with E-state index in [1.54, 1.807) is 0 Å². The number of hydrogen-bond donors (Lipinski definition) is 1. The summed E-state index contributed by atoms with van der Waals surface area (Å²) in [4.78, 5) is 18.0. The second kappa shape index (κ2) is 6.09. The quantitative estimate of drug-likeness (QED) is 0.919. The minimum atomic E-state index is -0.0585. The Morgan fingerprint density at radius 2 is 2.15 bits per heavy atom. The van der Waals surface area contributed by atoms with Gasteiger partial charge in [-0.05, 0) is 12.0 Å². The van der Waals surface area contributed by atoms with Crippen molar-refractivity contribution in [3.05, 3.63) is 48.0 Å². The summed E-state index contributed by atoms with van der Waals surface area (Å²) in [7, 11) is 0. The molecule has 0 bridgehead atoms. The van der Waals surface area contributed by atoms with Crippen LogP contribution in [-0.2, 0) is 0 Å². The Balaban J connectivity index is 1.67. The molecule has 1 fully saturated rings. The second-order valence-electron chi connectivity index (χ2n) is 4.69. The van der Waals surface area contributed by atoms with Crippen LogP contribution in [0.15, 0.2) is 36.7 Å². The number of rotatable bonds is 2. The summed E-state index contributed by atoms with van der Waals surface area (Å²) >= 11 is 1.92. The topological polar surface area (TPSA) is 61.9 Å². The Hall–Kier alpha value is -1.82. The minimum Gasteiger partial charge on any atom is -0.335 e. The van der Waals surface area contributed by atoms with E-state index in [-0.39, 0.29) is 5.91 Å². The van der Waals surface area contributed by atoms with Crippen molar-refractivity contribution in [2.75, 3.05) is 18.8 Å². The molecule has 6 heteroatoms. The SMILES string of the molecule is O=C(c1ncn[nH]1)N1CCS[C@H](c2ccccc2)CC1. The molecule has 1 atom stereocenters. The number of H-pyrrole nitrogens is 1. The summed E-state index contributed by atoms with van der Waals surface area (Å²) in [6.45, 7) is 1.51. The van der Waals surface area contributed by atoms with E-state index in [0.717, 1.165) is 25.3 Å². The van der Waals surface area contributed by atoms with Crippen LogP contribution in [0.1, 0.15) is 27.9 Å². The molecule has 2 heterocycles. The highest BCUT2D eigenvalue weighted by Crippen LogP contribution is 2.34. The van der Waals surface area contributed by atoms with E-state index in [4.69, 9.17) is 0 Å². The van der Waals surface area contributed by atoms with Gasteiger partial charge in [0.1, 0.15) is 6.33 Å². The van der Waals surface area contributed by atoms with E-state index in [1.165, 1.54) is 11.9 Å². The van der Waals surface area contributed by atoms with Crippen molar-refractivity contribution in [2.45, 2.75) is 11.7 Å². The standard InChI is InChI=1S/C14H16N4OS/c19-14(13-15-10-16-17-13)18-7-6-12(20-9-8-18)11-4-2-1-3-5-11/h1-5,10,12H,6-9H2,(H,15,16,17)/t12-/m0/s1. The third kappa shape index (κ3) is 2.85. The first kappa shape index (κ1) is 13.2. The smallest absolute Gasteiger partial charge is 0.291 e. The van der Waals surface area contributed by atoms with Gasteiger partial charge in [-0.1, -0.05) is 30.3 Å². The number of carbonyl (C=O) groups excluding carboxylic acids is 1. The molecule has 104 valence electrons. The molecule has 1 saturated heterocycles. The van der Waals surface area contributed by atoms with Crippen LogP contribution in [0, 0.1) is 0 Å². The van der Waals surface area contributed by atoms with Gasteiger partial charge in [-0.25, -0.2) is 4.98 Å². The van der Waals surface area contributed by atoms with Gasteiger partial charge < -0.3 is 4.90 Å². The maximum atomic E-state index is 12.2. The van der Waals surface area contributed by atoms with Gasteiger partial charge >= 0.3 is 0 Å². The lowest BCUT2D eigenvalue weighted by Gasteiger charge is -2.18. The molecule has 1 aromatic heterocycles. The summed E-state index contributed by atoms with van der Waals surface area (Å²) in [5.74, 6) is 1.21. The normalized spacial score (nSPS) is 19.6. The molecular formula is C14H16N4OS. The van der Waals surface area contributed by atoms with Crippen LogP contribution in [0.5, 0.6) is 0 Å². The number of aromatic nitrogens is 3. The number of nitrogens with zero attached hydrogens (tertiary/aromatic N) is 3. The highest BCUT2D eigenvalue weighted by molar-refractivity contribution is 7.99. The molecule has 1 amide bonds. The highest BCUT2D eigenvalue weighted by atomic mass is 32.2. The molecule has 0 spiro atoms. The van der Waals surface area contributed by atoms with Crippen LogP contribution in [0.2, 0.25) is 0 Å². The number of carbonyl (C=O) groups is 1. The predicted octanol–water partition coefficient (Wildman–Crippen LogP) is 2.13. The van der Waals surface area contributed by atoms with Crippen LogP contribution in [-0.4, -0.2) is 44.8 Å². The maximum Gasteiger partial charge on any atom is 0.291 e. The minimum absolute atomic E-state index is 0.0585. The molecule has 2 aromatic rings. The molecule has 20 heavy (non-hydrogen) atoms. The highest BCUT2D eigenvalue weighted by Gasteiger charge is 2.24. The fraction of sp³-hybridized carbons (Fsp3) is 0.357. The molecule has 1 aliphatic heterocycles. The van der Waals surface area contributed by atoms with Crippen molar-refractivity contribution in [2.24, 2.45) is 0 Å². The fourth-order valence-electron chi connectivity index (χ4n) is 2.37. The third-order valence-electron chi connectivity index (χ3n) is 3.42. The van der Waals surface area contributed by atoms with Crippen LogP contribution in [0.4, 0.5) is 0 Å². The molecule has 0 aliphatic carbocycles. The molecule has 0 saturated carbocycles. The summed E-state index contributed by atoms with van der Waals surface area (Å²) in [6, 6.07) is 10.5. The summed E-state index contributed by atoms with van der Waals surface area (Å²) < 4.78 is 0. The zero-order valence-electron chi connectivity index (χ0n) is 11.0. The fourth-order valence-corrected chi connectivity index (χ4v) is 3.60. The van der Waals surface area contributed by atoms with E-state index < -0.39 is 0 Å². The average molecular weight is 288 g/mol. The first-order valence-corrected chi connectivity index (χ1v) is 7.70. The van der Waals surface area contributed by atoms with E-state index in [2.05, 4.69) is 39.4 Å². The van der Waals surface area contributed by atoms with E-state index in [1.807, 2.05) is 22.7 Å². The molecule has 1 N–H and O–H groups in total. The molecular weight excluding hydrogens is 272 g/mol. The Kier molecular flexibility index (Phi) is 4.01. The van der Waals surface area contributed by atoms with Crippen molar-refractivity contribution < 1.29 is 4.79 Å². The van der Waals surface area contributed by atoms with Crippen LogP contribution in [0.3, 0.4) is 0 Å². The first-order valence-electron chi connectivity index (χ1n) is 6.66. The lowest BCUT2D eigenvalue weighted by Crippen LogP contribution is -2.33. The molecule has 0 unspecified atom stereocenters. The van der Waals surface area contributed by atoms with Crippen LogP contribution < -0.4 is 0 Å². The van der Waals surface area contributed by atoms with E-state index in [9.17, 15) is 4.79 Å². The first-order chi connectivity index (χ1) is 9.84. The Morgan fingerprint density at radius 3 is 2.90 bits per heavy atom. The number of aromatic amines is 1. The zero-order valence-corrected chi connectivity index (χ0v) is 11.8. The molecule has 5 nitrogen and oxygen atoms in total. The van der Waals surface area contributed by atoms with E-state index in [0.29, 0.717) is 11.1 Å². The van der Waals surface area contributed by atoms with Crippen molar-refractivity contribution in [3.63, 3.8) is 0 Å². The van der Waals surface area contributed by atoms with E-state index >= 15 is 0 Å². The number of benzene rings is 1. The van der Waals surface area contributed by atoms with Crippen molar-refractivity contribution >= 4 is 17.7 Å². The summed E-state index contributed by atoms with van der Waals surface area (Å²) in [5.41, 5.74) is 1.34. The van der Waals surface area contributed by atoms with Gasteiger partial charge in [0.25, 0.3) is 5.91 Å². The largest absolute Gasteiger partial charge is 0.335 e. The molecule has 3 rings (SSSR count). The summed E-state index contributed by atoms with van der Waals surface area (Å²) in [6.07, 6.45) is 2.33. The monoisotopic (exact) mass is 288 g/mol. The molecule has 1 aromatic carbocycles. The lowest BCUT2D eigenvalue weighted by atomic mass is 10.1. The zero-order chi connectivity index (χ0) is 13.8. The lowest BCUT2D eigenvalue weighted by molar-refractivity contribution is 0.0755. The Bertz CT molecular complexity index is 558. The average Bonchev–Trinajstić information content (AvgIpc) is 2.92. The van der Waals surface area contributed by atoms with Gasteiger partial charge in [0.15, 0.2) is 0 Å². The van der Waals surface area contributed by atoms with Gasteiger partial charge in [0.2, 0.25) is 5.82 Å². The molecule has 1 aliphatic rings. The van der Waals surface area contributed by atoms with Gasteiger partial charge in [-0.15, -0.1) is 0 Å². The molecule has 0 radical (unpaired) electrons. The third-order valence-corrected chi connectivity index (χ3v) is 4.75. The number of thioether (sulfide) groups is 1. The number of nitrogens with one attached hydrogen (secondary N) is 1. The van der Waals surface area contributed by atoms with Gasteiger partial charge in [0, 0.05) is 24.1 Å². The van der Waals surface area contributed by atoms with Gasteiger partial charge in [0.05, 0.1) is 0 Å². The van der Waals surface area contributed by atoms with Crippen LogP contribution >= 0.6 is 11.8 Å². The predicted molar refractivity (Wildman–Crippen MR) is 78.5 cm³/mol. The number of hydrogen-bond acceptors (Lipinski definition) is 4. The van der Waals surface area contributed by atoms with Crippen molar-refractivity contribution in [3.8, 4) is 0 Å². The van der Waals surface area contributed by atoms with Crippen LogP contribution in [0.25, 0.3) is 0 Å². The van der Waals surface area contributed by atoms with Crippen molar-refractivity contribution in [1.29, 1.82) is 0 Å². The Labute approximate surface area is 121 Å². The summed E-state index contributed by atoms with van der Waals surface area (Å²) in [5, 5.41) is 6.84.